The van der Waals surface area contributed by atoms with Gasteiger partial charge in [-0.3, -0.25) is 4.79 Å². The van der Waals surface area contributed by atoms with Crippen LogP contribution in [0.3, 0.4) is 0 Å². The highest BCUT2D eigenvalue weighted by Gasteiger charge is 2.09. The minimum Gasteiger partial charge on any atom is -0.436 e. The molecule has 0 fully saturated rings. The number of carbonyl (C=O) groups excluding carboxylic acids is 1. The fourth-order valence-corrected chi connectivity index (χ4v) is 2.69. The maximum absolute atomic E-state index is 11.7. The Morgan fingerprint density at radius 1 is 1.16 bits per heavy atom. The van der Waals surface area contributed by atoms with Crippen LogP contribution < -0.4 is 22.0 Å². The molecule has 0 saturated heterocycles. The van der Waals surface area contributed by atoms with Crippen molar-refractivity contribution in [3.63, 3.8) is 0 Å². The molecular formula is C17H13BrN4O2S. The molecule has 6 nitrogen and oxygen atoms in total. The van der Waals surface area contributed by atoms with E-state index in [2.05, 4.69) is 31.8 Å². The van der Waals surface area contributed by atoms with Gasteiger partial charge in [0.25, 0.3) is 5.91 Å². The smallest absolute Gasteiger partial charge is 0.254 e. The molecule has 1 amide bonds. The van der Waals surface area contributed by atoms with Crippen molar-refractivity contribution in [1.82, 2.24) is 5.43 Å². The number of halogens is 1. The van der Waals surface area contributed by atoms with Crippen molar-refractivity contribution in [3.8, 4) is 0 Å². The maximum Gasteiger partial charge on any atom is 0.254 e. The summed E-state index contributed by atoms with van der Waals surface area (Å²) in [6.07, 6.45) is 0. The van der Waals surface area contributed by atoms with Crippen LogP contribution in [0, 0.1) is 0 Å². The van der Waals surface area contributed by atoms with Gasteiger partial charge < -0.3 is 15.5 Å². The molecule has 0 aliphatic rings. The molecule has 8 heteroatoms. The second kappa shape index (κ2) is 7.45. The van der Waals surface area contributed by atoms with Gasteiger partial charge >= 0.3 is 0 Å². The molecule has 25 heavy (non-hydrogen) atoms. The Balaban J connectivity index is 1.92. The van der Waals surface area contributed by atoms with E-state index in [1.54, 1.807) is 12.1 Å². The lowest BCUT2D eigenvalue weighted by molar-refractivity contribution is 0.0996. The topological polar surface area (TPSA) is 92.7 Å². The Morgan fingerprint density at radius 3 is 2.64 bits per heavy atom. The zero-order valence-electron chi connectivity index (χ0n) is 12.8. The molecule has 0 saturated carbocycles. The van der Waals surface area contributed by atoms with Gasteiger partial charge in [0.15, 0.2) is 5.11 Å². The summed E-state index contributed by atoms with van der Waals surface area (Å²) >= 11 is 8.55. The molecule has 4 N–H and O–H groups in total. The average molecular weight is 417 g/mol. The first-order valence-corrected chi connectivity index (χ1v) is 8.42. The normalized spacial score (nSPS) is 11.3. The molecule has 0 aliphatic heterocycles. The highest BCUT2D eigenvalue weighted by Crippen LogP contribution is 2.19. The van der Waals surface area contributed by atoms with Crippen LogP contribution >= 0.6 is 28.1 Å². The van der Waals surface area contributed by atoms with Crippen LogP contribution in [0.4, 0.5) is 5.69 Å². The minimum atomic E-state index is -0.645. The van der Waals surface area contributed by atoms with E-state index in [0.29, 0.717) is 5.58 Å². The van der Waals surface area contributed by atoms with E-state index in [1.807, 2.05) is 42.5 Å². The van der Waals surface area contributed by atoms with Crippen molar-refractivity contribution in [3.05, 3.63) is 70.2 Å². The van der Waals surface area contributed by atoms with Crippen molar-refractivity contribution in [1.29, 1.82) is 0 Å². The molecule has 0 aliphatic carbocycles. The molecule has 3 rings (SSSR count). The number of hydrogen-bond acceptors (Lipinski definition) is 4. The van der Waals surface area contributed by atoms with Gasteiger partial charge in [-0.25, -0.2) is 5.43 Å². The first-order chi connectivity index (χ1) is 12.0. The number of nitrogens with two attached hydrogens (primary N) is 1. The Kier molecular flexibility index (Phi) is 5.11. The summed E-state index contributed by atoms with van der Waals surface area (Å²) in [4.78, 5) is 11.7. The highest BCUT2D eigenvalue weighted by atomic mass is 79.9. The van der Waals surface area contributed by atoms with Gasteiger partial charge in [-0.1, -0.05) is 34.1 Å². The van der Waals surface area contributed by atoms with Gasteiger partial charge in [-0.05, 0) is 48.6 Å². The lowest BCUT2D eigenvalue weighted by Gasteiger charge is -2.07. The highest BCUT2D eigenvalue weighted by molar-refractivity contribution is 9.10. The first kappa shape index (κ1) is 17.1. The summed E-state index contributed by atoms with van der Waals surface area (Å²) in [7, 11) is 0. The number of thiocarbonyl (C=S) groups is 1. The van der Waals surface area contributed by atoms with Gasteiger partial charge in [0.2, 0.25) is 5.55 Å². The summed E-state index contributed by atoms with van der Waals surface area (Å²) < 4.78 is 6.53. The SMILES string of the molecule is NC(=O)c1cc2cc(Br)ccc2oc1=NNC(=S)Nc1ccccc1. The molecular weight excluding hydrogens is 404 g/mol. The van der Waals surface area contributed by atoms with Crippen molar-refractivity contribution in [2.75, 3.05) is 5.32 Å². The van der Waals surface area contributed by atoms with Crippen LogP contribution in [0.1, 0.15) is 10.4 Å². The Labute approximate surface area is 156 Å². The minimum absolute atomic E-state index is 0.0551. The number of hydrogen-bond donors (Lipinski definition) is 3. The summed E-state index contributed by atoms with van der Waals surface area (Å²) in [5, 5.41) is 8.02. The number of fused-ring (bicyclic) bond motifs is 1. The van der Waals surface area contributed by atoms with Gasteiger partial charge in [0, 0.05) is 15.5 Å². The Bertz CT molecular complexity index is 1020. The van der Waals surface area contributed by atoms with Gasteiger partial charge in [0.1, 0.15) is 11.1 Å². The first-order valence-electron chi connectivity index (χ1n) is 7.22. The predicted octanol–water partition coefficient (Wildman–Crippen LogP) is 3.10. The van der Waals surface area contributed by atoms with Gasteiger partial charge in [0.05, 0.1) is 0 Å². The number of amides is 1. The van der Waals surface area contributed by atoms with E-state index in [0.717, 1.165) is 15.5 Å². The van der Waals surface area contributed by atoms with Crippen molar-refractivity contribution in [2.24, 2.45) is 10.8 Å². The van der Waals surface area contributed by atoms with Crippen molar-refractivity contribution >= 4 is 55.8 Å². The quantitative estimate of drug-likeness (QED) is 0.450. The van der Waals surface area contributed by atoms with Gasteiger partial charge in [-0.2, -0.15) is 0 Å². The molecule has 1 aromatic heterocycles. The molecule has 0 unspecified atom stereocenters. The second-order valence-electron chi connectivity index (χ2n) is 5.06. The van der Waals surface area contributed by atoms with E-state index in [9.17, 15) is 4.79 Å². The fraction of sp³-hybridized carbons (Fsp3) is 0. The third kappa shape index (κ3) is 4.23. The molecule has 0 bridgehead atoms. The largest absolute Gasteiger partial charge is 0.436 e. The van der Waals surface area contributed by atoms with E-state index in [1.165, 1.54) is 0 Å². The lowest BCUT2D eigenvalue weighted by Crippen LogP contribution is -2.29. The van der Waals surface area contributed by atoms with E-state index >= 15 is 0 Å². The van der Waals surface area contributed by atoms with Crippen molar-refractivity contribution < 1.29 is 9.21 Å². The zero-order valence-corrected chi connectivity index (χ0v) is 15.2. The number of benzene rings is 2. The fourth-order valence-electron chi connectivity index (χ4n) is 2.14. The van der Waals surface area contributed by atoms with Crippen LogP contribution in [-0.2, 0) is 0 Å². The molecule has 1 heterocycles. The Morgan fingerprint density at radius 2 is 1.92 bits per heavy atom. The van der Waals surface area contributed by atoms with E-state index < -0.39 is 5.91 Å². The van der Waals surface area contributed by atoms with E-state index in [4.69, 9.17) is 22.4 Å². The maximum atomic E-state index is 11.7. The molecule has 0 atom stereocenters. The summed E-state index contributed by atoms with van der Waals surface area (Å²) in [6, 6.07) is 16.4. The molecule has 0 spiro atoms. The monoisotopic (exact) mass is 416 g/mol. The number of rotatable bonds is 3. The van der Waals surface area contributed by atoms with Crippen LogP contribution in [0.2, 0.25) is 0 Å². The van der Waals surface area contributed by atoms with Crippen LogP contribution in [-0.4, -0.2) is 11.0 Å². The molecule has 2 aromatic carbocycles. The zero-order chi connectivity index (χ0) is 17.8. The van der Waals surface area contributed by atoms with E-state index in [-0.39, 0.29) is 16.2 Å². The van der Waals surface area contributed by atoms with Crippen molar-refractivity contribution in [2.45, 2.75) is 0 Å². The average Bonchev–Trinajstić information content (AvgIpc) is 2.60. The van der Waals surface area contributed by atoms with Gasteiger partial charge in [-0.15, -0.1) is 5.10 Å². The Hall–Kier alpha value is -2.71. The van der Waals surface area contributed by atoms with Crippen LogP contribution in [0.25, 0.3) is 11.0 Å². The number of nitrogens with zero attached hydrogens (tertiary/aromatic N) is 1. The summed E-state index contributed by atoms with van der Waals surface area (Å²) in [5.41, 5.74) is 9.66. The van der Waals surface area contributed by atoms with Crippen LogP contribution in [0.15, 0.2) is 68.6 Å². The molecule has 3 aromatic rings. The summed E-state index contributed by atoms with van der Waals surface area (Å²) in [6.45, 7) is 0. The number of primary amides is 1. The number of carbonyl (C=O) groups is 1. The number of para-hydroxylation sites is 1. The summed E-state index contributed by atoms with van der Waals surface area (Å²) in [5.74, 6) is -0.645. The number of nitrogens with one attached hydrogen (secondary N) is 2. The number of anilines is 1. The molecule has 126 valence electrons. The lowest BCUT2D eigenvalue weighted by atomic mass is 10.2. The standard InChI is InChI=1S/C17H13BrN4O2S/c18-11-6-7-14-10(8-11)9-13(15(19)23)16(24-14)21-22-17(25)20-12-4-2-1-3-5-12/h1-9H,(H2,19,23)(H2,20,22,25). The second-order valence-corrected chi connectivity index (χ2v) is 6.38. The molecule has 0 radical (unpaired) electrons. The third-order valence-electron chi connectivity index (χ3n) is 3.26. The third-order valence-corrected chi connectivity index (χ3v) is 3.95. The predicted molar refractivity (Wildman–Crippen MR) is 104 cm³/mol. The van der Waals surface area contributed by atoms with Crippen LogP contribution in [0.5, 0.6) is 0 Å².